The molecular formula is C15H15N3O7S. The largest absolute Gasteiger partial charge is 0.502 e. The molecule has 0 atom stereocenters. The molecule has 26 heavy (non-hydrogen) atoms. The zero-order chi connectivity index (χ0) is 19.3. The summed E-state index contributed by atoms with van der Waals surface area (Å²) in [5.74, 6) is 0.0617. The molecule has 2 rings (SSSR count). The molecule has 0 radical (unpaired) electrons. The zero-order valence-corrected chi connectivity index (χ0v) is 14.6. The van der Waals surface area contributed by atoms with Crippen LogP contribution in [0.2, 0.25) is 0 Å². The number of nitrogens with one attached hydrogen (secondary N) is 1. The van der Waals surface area contributed by atoms with Crippen LogP contribution in [0.15, 0.2) is 46.4 Å². The third kappa shape index (κ3) is 4.19. The highest BCUT2D eigenvalue weighted by atomic mass is 32.2. The summed E-state index contributed by atoms with van der Waals surface area (Å²) < 4.78 is 34.2. The fourth-order valence-corrected chi connectivity index (χ4v) is 2.75. The molecule has 2 N–H and O–H groups in total. The van der Waals surface area contributed by atoms with Crippen LogP contribution >= 0.6 is 0 Å². The van der Waals surface area contributed by atoms with Crippen LogP contribution in [0.1, 0.15) is 5.56 Å². The minimum absolute atomic E-state index is 0.129. The van der Waals surface area contributed by atoms with Crippen molar-refractivity contribution in [3.05, 3.63) is 52.1 Å². The van der Waals surface area contributed by atoms with Crippen LogP contribution in [0.4, 0.5) is 5.69 Å². The summed E-state index contributed by atoms with van der Waals surface area (Å²) in [6, 6.07) is 7.22. The lowest BCUT2D eigenvalue weighted by Gasteiger charge is -2.09. The molecule has 2 aromatic carbocycles. The molecule has 0 amide bonds. The predicted molar refractivity (Wildman–Crippen MR) is 92.2 cm³/mol. The first-order chi connectivity index (χ1) is 12.3. The Bertz CT molecular complexity index is 915. The van der Waals surface area contributed by atoms with Gasteiger partial charge in [-0.05, 0) is 24.3 Å². The van der Waals surface area contributed by atoms with E-state index in [1.54, 1.807) is 0 Å². The number of methoxy groups -OCH3 is 2. The van der Waals surface area contributed by atoms with Crippen LogP contribution in [-0.4, -0.2) is 38.9 Å². The summed E-state index contributed by atoms with van der Waals surface area (Å²) in [6.45, 7) is 0. The Morgan fingerprint density at radius 2 is 1.69 bits per heavy atom. The van der Waals surface area contributed by atoms with E-state index >= 15 is 0 Å². The number of phenolic OH excluding ortho intramolecular Hbond substituents is 1. The summed E-state index contributed by atoms with van der Waals surface area (Å²) in [5, 5.41) is 24.1. The Morgan fingerprint density at radius 1 is 1.15 bits per heavy atom. The molecule has 0 saturated heterocycles. The van der Waals surface area contributed by atoms with Gasteiger partial charge in [0.25, 0.3) is 15.7 Å². The second-order valence-electron chi connectivity index (χ2n) is 4.88. The minimum Gasteiger partial charge on any atom is -0.502 e. The van der Waals surface area contributed by atoms with E-state index in [-0.39, 0.29) is 27.8 Å². The first-order valence-electron chi connectivity index (χ1n) is 7.03. The van der Waals surface area contributed by atoms with Crippen molar-refractivity contribution >= 4 is 21.9 Å². The molecule has 0 fully saturated rings. The van der Waals surface area contributed by atoms with Gasteiger partial charge in [-0.2, -0.15) is 13.5 Å². The van der Waals surface area contributed by atoms with E-state index in [4.69, 9.17) is 9.47 Å². The molecule has 10 nitrogen and oxygen atoms in total. The molecule has 0 aliphatic rings. The van der Waals surface area contributed by atoms with Crippen LogP contribution in [0.3, 0.4) is 0 Å². The number of aromatic hydroxyl groups is 1. The van der Waals surface area contributed by atoms with Crippen molar-refractivity contribution in [1.29, 1.82) is 0 Å². The number of phenols is 1. The van der Waals surface area contributed by atoms with Gasteiger partial charge < -0.3 is 14.6 Å². The van der Waals surface area contributed by atoms with Crippen molar-refractivity contribution in [2.45, 2.75) is 4.90 Å². The Balaban J connectivity index is 2.20. The number of benzene rings is 2. The molecule has 0 heterocycles. The lowest BCUT2D eigenvalue weighted by atomic mass is 10.2. The molecule has 0 bridgehead atoms. The van der Waals surface area contributed by atoms with Gasteiger partial charge in [0.05, 0.1) is 30.3 Å². The smallest absolute Gasteiger partial charge is 0.276 e. The monoisotopic (exact) mass is 381 g/mol. The standard InChI is InChI=1S/C15H15N3O7S/c1-24-13-7-10(8-14(25-2)15(13)19)9-16-17-26(22,23)12-5-3-11(4-6-12)18(20)21/h3-9,17,19H,1-2H3. The van der Waals surface area contributed by atoms with Gasteiger partial charge >= 0.3 is 0 Å². The fourth-order valence-electron chi connectivity index (χ4n) is 1.96. The molecule has 0 aromatic heterocycles. The van der Waals surface area contributed by atoms with Gasteiger partial charge in [-0.25, -0.2) is 4.83 Å². The highest BCUT2D eigenvalue weighted by Crippen LogP contribution is 2.36. The van der Waals surface area contributed by atoms with E-state index in [1.807, 2.05) is 4.83 Å². The molecule has 0 aliphatic carbocycles. The van der Waals surface area contributed by atoms with Crippen molar-refractivity contribution in [3.8, 4) is 17.2 Å². The van der Waals surface area contributed by atoms with Crippen LogP contribution < -0.4 is 14.3 Å². The third-order valence-electron chi connectivity index (χ3n) is 3.25. The van der Waals surface area contributed by atoms with Crippen LogP contribution in [-0.2, 0) is 10.0 Å². The normalized spacial score (nSPS) is 11.3. The number of ether oxygens (including phenoxy) is 2. The van der Waals surface area contributed by atoms with Gasteiger partial charge in [-0.1, -0.05) is 0 Å². The molecule has 0 spiro atoms. The van der Waals surface area contributed by atoms with E-state index in [2.05, 4.69) is 5.10 Å². The zero-order valence-electron chi connectivity index (χ0n) is 13.7. The van der Waals surface area contributed by atoms with Crippen molar-refractivity contribution in [3.63, 3.8) is 0 Å². The number of sulfonamides is 1. The van der Waals surface area contributed by atoms with Crippen LogP contribution in [0.5, 0.6) is 17.2 Å². The first kappa shape index (κ1) is 19.0. The summed E-state index contributed by atoms with van der Waals surface area (Å²) >= 11 is 0. The highest BCUT2D eigenvalue weighted by Gasteiger charge is 2.15. The molecule has 2 aromatic rings. The number of non-ortho nitro benzene ring substituents is 1. The van der Waals surface area contributed by atoms with Gasteiger partial charge in [-0.3, -0.25) is 10.1 Å². The average molecular weight is 381 g/mol. The van der Waals surface area contributed by atoms with E-state index in [1.165, 1.54) is 32.6 Å². The van der Waals surface area contributed by atoms with Gasteiger partial charge in [0.2, 0.25) is 5.75 Å². The Labute approximate surface area is 148 Å². The third-order valence-corrected chi connectivity index (χ3v) is 4.49. The van der Waals surface area contributed by atoms with E-state index in [0.29, 0.717) is 5.56 Å². The van der Waals surface area contributed by atoms with Gasteiger partial charge in [0.15, 0.2) is 11.5 Å². The maximum Gasteiger partial charge on any atom is 0.276 e. The molecule has 0 saturated carbocycles. The fraction of sp³-hybridized carbons (Fsp3) is 0.133. The molecule has 11 heteroatoms. The molecule has 0 aliphatic heterocycles. The number of hydrazone groups is 1. The summed E-state index contributed by atoms with van der Waals surface area (Å²) in [6.07, 6.45) is 1.19. The molecular weight excluding hydrogens is 366 g/mol. The average Bonchev–Trinajstić information content (AvgIpc) is 2.62. The van der Waals surface area contributed by atoms with Gasteiger partial charge in [0.1, 0.15) is 0 Å². The number of nitro benzene ring substituents is 1. The Kier molecular flexibility index (Phi) is 5.62. The second-order valence-corrected chi connectivity index (χ2v) is 6.54. The number of rotatable bonds is 7. The van der Waals surface area contributed by atoms with E-state index in [9.17, 15) is 23.6 Å². The van der Waals surface area contributed by atoms with Crippen LogP contribution in [0, 0.1) is 10.1 Å². The number of hydrogen-bond acceptors (Lipinski definition) is 8. The summed E-state index contributed by atoms with van der Waals surface area (Å²) in [5.41, 5.74) is 0.179. The molecule has 138 valence electrons. The Morgan fingerprint density at radius 3 is 2.15 bits per heavy atom. The maximum atomic E-state index is 12.1. The number of nitro groups is 1. The van der Waals surface area contributed by atoms with Crippen molar-refractivity contribution in [2.24, 2.45) is 5.10 Å². The summed E-state index contributed by atoms with van der Waals surface area (Å²) in [4.78, 5) is 11.8. The minimum atomic E-state index is -3.99. The first-order valence-corrected chi connectivity index (χ1v) is 8.51. The van der Waals surface area contributed by atoms with Crippen molar-refractivity contribution in [1.82, 2.24) is 4.83 Å². The SMILES string of the molecule is COc1cc(C=NNS(=O)(=O)c2ccc([N+](=O)[O-])cc2)cc(OC)c1O. The second kappa shape index (κ2) is 7.70. The van der Waals surface area contributed by atoms with Crippen molar-refractivity contribution < 1.29 is 27.9 Å². The lowest BCUT2D eigenvalue weighted by Crippen LogP contribution is -2.18. The summed E-state index contributed by atoms with van der Waals surface area (Å²) in [7, 11) is -1.29. The Hall–Kier alpha value is -3.34. The number of hydrogen-bond donors (Lipinski definition) is 2. The van der Waals surface area contributed by atoms with Gasteiger partial charge in [0, 0.05) is 17.7 Å². The highest BCUT2D eigenvalue weighted by molar-refractivity contribution is 7.89. The lowest BCUT2D eigenvalue weighted by molar-refractivity contribution is -0.384. The van der Waals surface area contributed by atoms with Crippen molar-refractivity contribution in [2.75, 3.05) is 14.2 Å². The van der Waals surface area contributed by atoms with E-state index < -0.39 is 14.9 Å². The number of nitrogens with zero attached hydrogens (tertiary/aromatic N) is 2. The molecule has 0 unspecified atom stereocenters. The van der Waals surface area contributed by atoms with Crippen LogP contribution in [0.25, 0.3) is 0 Å². The topological polar surface area (TPSA) is 140 Å². The predicted octanol–water partition coefficient (Wildman–Crippen LogP) is 1.63. The quantitative estimate of drug-likeness (QED) is 0.422. The van der Waals surface area contributed by atoms with E-state index in [0.717, 1.165) is 24.3 Å². The maximum absolute atomic E-state index is 12.1. The van der Waals surface area contributed by atoms with Gasteiger partial charge in [-0.15, -0.1) is 0 Å².